The third-order valence-corrected chi connectivity index (χ3v) is 4.86. The van der Waals surface area contributed by atoms with E-state index in [9.17, 15) is 0 Å². The van der Waals surface area contributed by atoms with Crippen LogP contribution in [0.2, 0.25) is 0 Å². The van der Waals surface area contributed by atoms with Gasteiger partial charge >= 0.3 is 0 Å². The highest BCUT2D eigenvalue weighted by atomic mass is 15.3. The van der Waals surface area contributed by atoms with Gasteiger partial charge in [0.15, 0.2) is 0 Å². The molecule has 1 saturated heterocycles. The molecular formula is C17H25N7. The van der Waals surface area contributed by atoms with Crippen LogP contribution in [0, 0.1) is 5.92 Å². The number of nitrogens with zero attached hydrogens (tertiary/aromatic N) is 5. The van der Waals surface area contributed by atoms with Gasteiger partial charge in [0.25, 0.3) is 0 Å². The van der Waals surface area contributed by atoms with E-state index in [2.05, 4.69) is 36.2 Å². The summed E-state index contributed by atoms with van der Waals surface area (Å²) in [4.78, 5) is 10.9. The summed E-state index contributed by atoms with van der Waals surface area (Å²) in [7, 11) is 0. The summed E-state index contributed by atoms with van der Waals surface area (Å²) in [5, 5.41) is 11.5. The van der Waals surface area contributed by atoms with Gasteiger partial charge in [0.2, 0.25) is 0 Å². The van der Waals surface area contributed by atoms with E-state index in [1.54, 1.807) is 18.6 Å². The fourth-order valence-corrected chi connectivity index (χ4v) is 3.64. The smallest absolute Gasteiger partial charge is 0.144 e. The topological polar surface area (TPSA) is 70.9 Å². The molecule has 24 heavy (non-hydrogen) atoms. The highest BCUT2D eigenvalue weighted by Gasteiger charge is 2.22. The average molecular weight is 327 g/mol. The van der Waals surface area contributed by atoms with Gasteiger partial charge in [-0.3, -0.25) is 14.6 Å². The standard InChI is InChI=1S/C17H25N7/c1-2-14(9-18-3-1)12-23-6-7-24-16(13-23)8-15(22-24)10-21-17-11-19-4-5-20-17/h4-5,8,11,14,18H,1-3,6-7,9-10,12-13H2,(H,20,21)/t14-/m1/s1. The molecule has 2 aromatic heterocycles. The van der Waals surface area contributed by atoms with Crippen LogP contribution < -0.4 is 10.6 Å². The zero-order valence-corrected chi connectivity index (χ0v) is 14.0. The van der Waals surface area contributed by atoms with E-state index in [0.717, 1.165) is 37.1 Å². The van der Waals surface area contributed by atoms with Gasteiger partial charge in [-0.25, -0.2) is 4.98 Å². The van der Waals surface area contributed by atoms with Gasteiger partial charge in [0.05, 0.1) is 30.7 Å². The largest absolute Gasteiger partial charge is 0.363 e. The predicted molar refractivity (Wildman–Crippen MR) is 92.5 cm³/mol. The minimum Gasteiger partial charge on any atom is -0.363 e. The van der Waals surface area contributed by atoms with Crippen molar-refractivity contribution in [1.82, 2.24) is 30.0 Å². The van der Waals surface area contributed by atoms with Crippen molar-refractivity contribution in [2.75, 3.05) is 31.5 Å². The molecule has 0 bridgehead atoms. The third kappa shape index (κ3) is 3.73. The molecule has 128 valence electrons. The Kier molecular flexibility index (Phi) is 4.71. The number of anilines is 1. The van der Waals surface area contributed by atoms with Crippen molar-refractivity contribution in [3.05, 3.63) is 36.0 Å². The van der Waals surface area contributed by atoms with E-state index in [4.69, 9.17) is 5.10 Å². The highest BCUT2D eigenvalue weighted by molar-refractivity contribution is 5.31. The van der Waals surface area contributed by atoms with E-state index in [1.807, 2.05) is 0 Å². The first-order valence-corrected chi connectivity index (χ1v) is 8.85. The van der Waals surface area contributed by atoms with Crippen molar-refractivity contribution in [1.29, 1.82) is 0 Å². The van der Waals surface area contributed by atoms with Gasteiger partial charge in [-0.1, -0.05) is 0 Å². The Bertz CT molecular complexity index is 648. The monoisotopic (exact) mass is 327 g/mol. The molecule has 4 heterocycles. The summed E-state index contributed by atoms with van der Waals surface area (Å²) in [5.74, 6) is 1.58. The van der Waals surface area contributed by atoms with Crippen LogP contribution in [0.5, 0.6) is 0 Å². The van der Waals surface area contributed by atoms with Gasteiger partial charge in [-0.2, -0.15) is 5.10 Å². The number of aromatic nitrogens is 4. The van der Waals surface area contributed by atoms with Crippen LogP contribution in [0.1, 0.15) is 24.2 Å². The number of hydrogen-bond donors (Lipinski definition) is 2. The van der Waals surface area contributed by atoms with Crippen LogP contribution in [0.25, 0.3) is 0 Å². The van der Waals surface area contributed by atoms with Crippen LogP contribution in [0.4, 0.5) is 5.82 Å². The molecule has 0 aromatic carbocycles. The number of fused-ring (bicyclic) bond motifs is 1. The van der Waals surface area contributed by atoms with Crippen molar-refractivity contribution >= 4 is 5.82 Å². The number of rotatable bonds is 5. The molecule has 1 atom stereocenters. The molecule has 7 nitrogen and oxygen atoms in total. The molecule has 7 heteroatoms. The minimum atomic E-state index is 0.686. The summed E-state index contributed by atoms with van der Waals surface area (Å²) >= 11 is 0. The zero-order valence-electron chi connectivity index (χ0n) is 14.0. The third-order valence-electron chi connectivity index (χ3n) is 4.86. The molecule has 2 aliphatic heterocycles. The second-order valence-electron chi connectivity index (χ2n) is 6.74. The maximum Gasteiger partial charge on any atom is 0.144 e. The van der Waals surface area contributed by atoms with Crippen LogP contribution in [0.15, 0.2) is 24.7 Å². The summed E-state index contributed by atoms with van der Waals surface area (Å²) in [6, 6.07) is 2.22. The first kappa shape index (κ1) is 15.5. The summed E-state index contributed by atoms with van der Waals surface area (Å²) in [5.41, 5.74) is 2.39. The lowest BCUT2D eigenvalue weighted by Crippen LogP contribution is -2.41. The fraction of sp³-hybridized carbons (Fsp3) is 0.588. The molecule has 0 unspecified atom stereocenters. The lowest BCUT2D eigenvalue weighted by atomic mass is 9.99. The molecule has 2 N–H and O–H groups in total. The van der Waals surface area contributed by atoms with E-state index in [1.165, 1.54) is 38.2 Å². The lowest BCUT2D eigenvalue weighted by Gasteiger charge is -2.32. The van der Waals surface area contributed by atoms with Crippen molar-refractivity contribution in [2.24, 2.45) is 5.92 Å². The van der Waals surface area contributed by atoms with Crippen molar-refractivity contribution in [3.8, 4) is 0 Å². The Morgan fingerprint density at radius 3 is 3.12 bits per heavy atom. The minimum absolute atomic E-state index is 0.686. The summed E-state index contributed by atoms with van der Waals surface area (Å²) in [6.07, 6.45) is 7.77. The predicted octanol–water partition coefficient (Wildman–Crippen LogP) is 1.10. The van der Waals surface area contributed by atoms with Crippen LogP contribution in [-0.4, -0.2) is 50.8 Å². The lowest BCUT2D eigenvalue weighted by molar-refractivity contribution is 0.168. The maximum atomic E-state index is 4.71. The Balaban J connectivity index is 1.33. The fourth-order valence-electron chi connectivity index (χ4n) is 3.64. The number of piperidine rings is 1. The van der Waals surface area contributed by atoms with Crippen LogP contribution in [-0.2, 0) is 19.6 Å². The molecule has 1 fully saturated rings. The molecule has 2 aromatic rings. The van der Waals surface area contributed by atoms with E-state index < -0.39 is 0 Å². The second kappa shape index (κ2) is 7.27. The van der Waals surface area contributed by atoms with Gasteiger partial charge in [0, 0.05) is 32.0 Å². The average Bonchev–Trinajstić information content (AvgIpc) is 3.04. The van der Waals surface area contributed by atoms with E-state index >= 15 is 0 Å². The molecule has 0 radical (unpaired) electrons. The van der Waals surface area contributed by atoms with Gasteiger partial charge in [0.1, 0.15) is 5.82 Å². The van der Waals surface area contributed by atoms with Crippen molar-refractivity contribution in [2.45, 2.75) is 32.5 Å². The maximum absolute atomic E-state index is 4.71. The molecule has 0 aliphatic carbocycles. The Morgan fingerprint density at radius 2 is 2.29 bits per heavy atom. The Hall–Kier alpha value is -1.99. The number of nitrogens with one attached hydrogen (secondary N) is 2. The van der Waals surface area contributed by atoms with E-state index in [0.29, 0.717) is 6.54 Å². The quantitative estimate of drug-likeness (QED) is 0.857. The molecular weight excluding hydrogens is 302 g/mol. The molecule has 0 saturated carbocycles. The Labute approximate surface area is 142 Å². The Morgan fingerprint density at radius 1 is 1.29 bits per heavy atom. The number of hydrogen-bond acceptors (Lipinski definition) is 6. The summed E-state index contributed by atoms with van der Waals surface area (Å²) in [6.45, 7) is 7.34. The van der Waals surface area contributed by atoms with Gasteiger partial charge in [-0.05, 0) is 37.9 Å². The summed E-state index contributed by atoms with van der Waals surface area (Å²) < 4.78 is 2.16. The zero-order chi connectivity index (χ0) is 16.2. The first-order chi connectivity index (χ1) is 11.9. The van der Waals surface area contributed by atoms with Crippen molar-refractivity contribution in [3.63, 3.8) is 0 Å². The van der Waals surface area contributed by atoms with Crippen LogP contribution >= 0.6 is 0 Å². The normalized spacial score (nSPS) is 21.4. The molecule has 0 spiro atoms. The van der Waals surface area contributed by atoms with Crippen molar-refractivity contribution < 1.29 is 0 Å². The molecule has 0 amide bonds. The second-order valence-corrected chi connectivity index (χ2v) is 6.74. The molecule has 4 rings (SSSR count). The van der Waals surface area contributed by atoms with Gasteiger partial charge < -0.3 is 10.6 Å². The van der Waals surface area contributed by atoms with Gasteiger partial charge in [-0.15, -0.1) is 0 Å². The first-order valence-electron chi connectivity index (χ1n) is 8.85. The van der Waals surface area contributed by atoms with E-state index in [-0.39, 0.29) is 0 Å². The van der Waals surface area contributed by atoms with Crippen LogP contribution in [0.3, 0.4) is 0 Å². The molecule has 2 aliphatic rings. The SMILES string of the molecule is c1cnc(NCc2cc3n(n2)CCN(C[C@@H]2CCCNC2)C3)cn1. The highest BCUT2D eigenvalue weighted by Crippen LogP contribution is 2.18.